The minimum Gasteiger partial charge on any atom is -0.495 e. The van der Waals surface area contributed by atoms with Gasteiger partial charge in [0.15, 0.2) is 0 Å². The summed E-state index contributed by atoms with van der Waals surface area (Å²) in [5, 5.41) is 14.5. The number of sulfonamides is 1. The Bertz CT molecular complexity index is 1020. The van der Waals surface area contributed by atoms with Crippen LogP contribution in [0.3, 0.4) is 0 Å². The van der Waals surface area contributed by atoms with Crippen molar-refractivity contribution in [1.29, 1.82) is 0 Å². The van der Waals surface area contributed by atoms with E-state index in [1.165, 1.54) is 18.4 Å². The maximum Gasteiger partial charge on any atom is 0.244 e. The topological polar surface area (TPSA) is 75.6 Å². The van der Waals surface area contributed by atoms with Gasteiger partial charge in [-0.2, -0.15) is 11.3 Å². The molecule has 0 aliphatic carbocycles. The first kappa shape index (κ1) is 20.0. The summed E-state index contributed by atoms with van der Waals surface area (Å²) in [6, 6.07) is 9.07. The number of hydrogen-bond donors (Lipinski definition) is 2. The monoisotopic (exact) mass is 423 g/mol. The molecule has 3 aromatic rings. The summed E-state index contributed by atoms with van der Waals surface area (Å²) in [6.07, 6.45) is -0.922. The molecule has 1 unspecified atom stereocenters. The van der Waals surface area contributed by atoms with E-state index < -0.39 is 16.1 Å². The highest BCUT2D eigenvalue weighted by Crippen LogP contribution is 2.33. The van der Waals surface area contributed by atoms with E-state index in [9.17, 15) is 13.5 Å². The number of rotatable bonds is 7. The Kier molecular flexibility index (Phi) is 6.02. The van der Waals surface area contributed by atoms with E-state index in [4.69, 9.17) is 4.74 Å². The van der Waals surface area contributed by atoms with Gasteiger partial charge >= 0.3 is 0 Å². The molecule has 0 saturated carbocycles. The molecule has 1 atom stereocenters. The van der Waals surface area contributed by atoms with Gasteiger partial charge in [0.2, 0.25) is 10.0 Å². The highest BCUT2D eigenvalue weighted by molar-refractivity contribution is 7.89. The summed E-state index contributed by atoms with van der Waals surface area (Å²) in [4.78, 5) is 1.83. The van der Waals surface area contributed by atoms with Crippen LogP contribution in [0.2, 0.25) is 0 Å². The summed E-state index contributed by atoms with van der Waals surface area (Å²) in [6.45, 7) is 3.63. The van der Waals surface area contributed by atoms with Crippen molar-refractivity contribution in [1.82, 2.24) is 4.72 Å². The van der Waals surface area contributed by atoms with Crippen LogP contribution in [0.15, 0.2) is 46.0 Å². The maximum absolute atomic E-state index is 12.7. The van der Waals surface area contributed by atoms with E-state index in [-0.39, 0.29) is 17.2 Å². The van der Waals surface area contributed by atoms with Crippen molar-refractivity contribution in [2.45, 2.75) is 24.8 Å². The fraction of sp³-hybridized carbons (Fsp3) is 0.263. The molecule has 0 radical (unpaired) electrons. The number of benzene rings is 1. The van der Waals surface area contributed by atoms with Gasteiger partial charge in [-0.05, 0) is 66.1 Å². The highest BCUT2D eigenvalue weighted by Gasteiger charge is 2.22. The lowest BCUT2D eigenvalue weighted by molar-refractivity contribution is 0.185. The first-order valence-electron chi connectivity index (χ1n) is 8.27. The molecular weight excluding hydrogens is 402 g/mol. The second-order valence-corrected chi connectivity index (χ2v) is 9.80. The molecule has 3 rings (SSSR count). The van der Waals surface area contributed by atoms with Gasteiger partial charge in [-0.15, -0.1) is 11.3 Å². The molecule has 2 N–H and O–H groups in total. The quantitative estimate of drug-likeness (QED) is 0.600. The number of aliphatic hydroxyl groups is 1. The molecule has 0 aliphatic heterocycles. The van der Waals surface area contributed by atoms with E-state index in [2.05, 4.69) is 4.72 Å². The lowest BCUT2D eigenvalue weighted by Gasteiger charge is -2.15. The Morgan fingerprint density at radius 2 is 1.93 bits per heavy atom. The highest BCUT2D eigenvalue weighted by atomic mass is 32.2. The van der Waals surface area contributed by atoms with Crippen LogP contribution < -0.4 is 9.46 Å². The van der Waals surface area contributed by atoms with Crippen molar-refractivity contribution in [3.63, 3.8) is 0 Å². The molecule has 27 heavy (non-hydrogen) atoms. The van der Waals surface area contributed by atoms with Gasteiger partial charge < -0.3 is 9.84 Å². The third-order valence-electron chi connectivity index (χ3n) is 4.30. The van der Waals surface area contributed by atoms with E-state index in [0.717, 1.165) is 21.6 Å². The second-order valence-electron chi connectivity index (χ2n) is 6.17. The van der Waals surface area contributed by atoms with Gasteiger partial charge in [0.1, 0.15) is 16.7 Å². The Balaban J connectivity index is 1.75. The zero-order valence-electron chi connectivity index (χ0n) is 15.2. The molecular formula is C19H21NO4S3. The number of methoxy groups -OCH3 is 1. The minimum atomic E-state index is -3.81. The normalized spacial score (nSPS) is 12.9. The average Bonchev–Trinajstić information content (AvgIpc) is 3.32. The molecule has 5 nitrogen and oxygen atoms in total. The summed E-state index contributed by atoms with van der Waals surface area (Å²) in [5.41, 5.74) is 2.91. The number of thiophene rings is 2. The predicted molar refractivity (Wildman–Crippen MR) is 110 cm³/mol. The molecule has 8 heteroatoms. The van der Waals surface area contributed by atoms with Gasteiger partial charge in [0.05, 0.1) is 7.11 Å². The van der Waals surface area contributed by atoms with E-state index in [0.29, 0.717) is 4.88 Å². The fourth-order valence-electron chi connectivity index (χ4n) is 2.59. The van der Waals surface area contributed by atoms with Crippen molar-refractivity contribution in [2.75, 3.05) is 13.7 Å². The van der Waals surface area contributed by atoms with Crippen LogP contribution in [-0.2, 0) is 10.0 Å². The third-order valence-corrected chi connectivity index (χ3v) is 7.66. The molecule has 0 aliphatic rings. The molecule has 0 bridgehead atoms. The molecule has 1 aromatic carbocycles. The maximum atomic E-state index is 12.7. The number of nitrogens with one attached hydrogen (secondary N) is 1. The van der Waals surface area contributed by atoms with Gasteiger partial charge in [-0.3, -0.25) is 0 Å². The van der Waals surface area contributed by atoms with E-state index in [1.54, 1.807) is 23.5 Å². The van der Waals surface area contributed by atoms with Crippen LogP contribution in [0.5, 0.6) is 5.75 Å². The largest absolute Gasteiger partial charge is 0.495 e. The van der Waals surface area contributed by atoms with Gasteiger partial charge in [-0.1, -0.05) is 0 Å². The van der Waals surface area contributed by atoms with Crippen LogP contribution >= 0.6 is 22.7 Å². The van der Waals surface area contributed by atoms with Crippen LogP contribution in [0.25, 0.3) is 10.4 Å². The third kappa shape index (κ3) is 4.41. The van der Waals surface area contributed by atoms with Crippen LogP contribution in [0, 0.1) is 13.8 Å². The SMILES string of the molecule is COc1cc(C)c(C)cc1S(=O)(=O)NCC(O)c1ccc(-c2ccsc2)s1. The molecule has 0 saturated heterocycles. The predicted octanol–water partition coefficient (Wildman–Crippen LogP) is 4.11. The van der Waals surface area contributed by atoms with Crippen LogP contribution in [0.1, 0.15) is 22.1 Å². The number of ether oxygens (including phenoxy) is 1. The Labute approximate surface area is 167 Å². The van der Waals surface area contributed by atoms with Crippen molar-refractivity contribution in [3.8, 4) is 16.2 Å². The minimum absolute atomic E-state index is 0.0745. The van der Waals surface area contributed by atoms with E-state index >= 15 is 0 Å². The van der Waals surface area contributed by atoms with Crippen molar-refractivity contribution in [2.24, 2.45) is 0 Å². The van der Waals surface area contributed by atoms with Gasteiger partial charge in [0.25, 0.3) is 0 Å². The molecule has 0 fully saturated rings. The van der Waals surface area contributed by atoms with Crippen LogP contribution in [0.4, 0.5) is 0 Å². The molecule has 144 valence electrons. The van der Waals surface area contributed by atoms with Crippen molar-refractivity contribution in [3.05, 3.63) is 57.1 Å². The second kappa shape index (κ2) is 8.12. The Hall–Kier alpha value is -1.71. The van der Waals surface area contributed by atoms with Crippen molar-refractivity contribution >= 4 is 32.7 Å². The zero-order chi connectivity index (χ0) is 19.6. The molecule has 0 spiro atoms. The average molecular weight is 424 g/mol. The summed E-state index contributed by atoms with van der Waals surface area (Å²) in [5.74, 6) is 0.288. The Morgan fingerprint density at radius 1 is 1.19 bits per heavy atom. The first-order chi connectivity index (χ1) is 12.8. The number of aliphatic hydroxyl groups excluding tert-OH is 1. The lowest BCUT2D eigenvalue weighted by atomic mass is 10.1. The molecule has 0 amide bonds. The number of hydrogen-bond acceptors (Lipinski definition) is 6. The summed E-state index contributed by atoms with van der Waals surface area (Å²) in [7, 11) is -2.37. The van der Waals surface area contributed by atoms with E-state index in [1.807, 2.05) is 42.8 Å². The Morgan fingerprint density at radius 3 is 2.59 bits per heavy atom. The summed E-state index contributed by atoms with van der Waals surface area (Å²) >= 11 is 3.06. The van der Waals surface area contributed by atoms with Gasteiger partial charge in [0, 0.05) is 21.9 Å². The van der Waals surface area contributed by atoms with Crippen molar-refractivity contribution < 1.29 is 18.3 Å². The summed E-state index contributed by atoms with van der Waals surface area (Å²) < 4.78 is 33.1. The lowest BCUT2D eigenvalue weighted by Crippen LogP contribution is -2.28. The smallest absolute Gasteiger partial charge is 0.244 e. The standard InChI is InChI=1S/C19H21NO4S3/c1-12-8-16(24-3)19(9-13(12)2)27(22,23)20-10-15(21)18-5-4-17(26-18)14-6-7-25-11-14/h4-9,11,15,20-21H,10H2,1-3H3. The van der Waals surface area contributed by atoms with Gasteiger partial charge in [-0.25, -0.2) is 13.1 Å². The first-order valence-corrected chi connectivity index (χ1v) is 11.5. The fourth-order valence-corrected chi connectivity index (χ4v) is 5.58. The molecule has 2 aromatic heterocycles. The number of aryl methyl sites for hydroxylation is 2. The molecule has 2 heterocycles. The zero-order valence-corrected chi connectivity index (χ0v) is 17.7. The van der Waals surface area contributed by atoms with Crippen LogP contribution in [-0.4, -0.2) is 27.2 Å².